The van der Waals surface area contributed by atoms with Gasteiger partial charge in [0, 0.05) is 12.7 Å². The summed E-state index contributed by atoms with van der Waals surface area (Å²) in [5, 5.41) is 0. The van der Waals surface area contributed by atoms with Gasteiger partial charge in [-0.1, -0.05) is 18.2 Å². The van der Waals surface area contributed by atoms with Crippen LogP contribution < -0.4 is 4.90 Å². The van der Waals surface area contributed by atoms with Gasteiger partial charge in [-0.2, -0.15) is 8.42 Å². The van der Waals surface area contributed by atoms with E-state index in [0.29, 0.717) is 5.69 Å². The lowest BCUT2D eigenvalue weighted by Crippen LogP contribution is -2.28. The van der Waals surface area contributed by atoms with Crippen LogP contribution in [0.15, 0.2) is 30.3 Å². The second kappa shape index (κ2) is 4.95. The summed E-state index contributed by atoms with van der Waals surface area (Å²) < 4.78 is 33.5. The van der Waals surface area contributed by atoms with E-state index in [1.165, 1.54) is 7.05 Å². The van der Waals surface area contributed by atoms with Gasteiger partial charge < -0.3 is 4.74 Å². The summed E-state index contributed by atoms with van der Waals surface area (Å²) in [5.74, 6) is -1.05. The van der Waals surface area contributed by atoms with Crippen LogP contribution in [-0.2, 0) is 14.9 Å². The third-order valence-electron chi connectivity index (χ3n) is 1.75. The first-order valence-electron chi connectivity index (χ1n) is 4.31. The molecule has 7 heteroatoms. The minimum absolute atomic E-state index is 0.558. The van der Waals surface area contributed by atoms with Gasteiger partial charge in [0.25, 0.3) is 0 Å². The molecule has 0 spiro atoms. The number of hydrogen-bond donors (Lipinski definition) is 1. The Morgan fingerprint density at radius 3 is 2.44 bits per heavy atom. The molecule has 0 aliphatic rings. The zero-order valence-corrected chi connectivity index (χ0v) is 9.35. The first-order chi connectivity index (χ1) is 7.40. The fraction of sp³-hybridized carbons (Fsp3) is 0.222. The normalized spacial score (nSPS) is 10.9. The number of benzene rings is 1. The molecule has 1 N–H and O–H groups in total. The molecule has 0 heterocycles. The highest BCUT2D eigenvalue weighted by atomic mass is 32.2. The number of amides is 1. The largest absolute Gasteiger partial charge is 0.430 e. The van der Waals surface area contributed by atoms with Crippen LogP contribution in [0.3, 0.4) is 0 Å². The summed E-state index contributed by atoms with van der Waals surface area (Å²) in [4.78, 5) is 12.4. The van der Waals surface area contributed by atoms with Crippen molar-refractivity contribution in [3.05, 3.63) is 30.3 Å². The van der Waals surface area contributed by atoms with E-state index in [-0.39, 0.29) is 0 Å². The van der Waals surface area contributed by atoms with Gasteiger partial charge >= 0.3 is 16.2 Å². The third kappa shape index (κ3) is 3.87. The molecule has 0 aliphatic heterocycles. The molecule has 0 fully saturated rings. The van der Waals surface area contributed by atoms with Crippen LogP contribution in [0.1, 0.15) is 0 Å². The molecule has 88 valence electrons. The van der Waals surface area contributed by atoms with E-state index in [0.717, 1.165) is 4.90 Å². The fourth-order valence-electron chi connectivity index (χ4n) is 0.979. The summed E-state index contributed by atoms with van der Waals surface area (Å²) in [7, 11) is -2.87. The predicted molar refractivity (Wildman–Crippen MR) is 57.7 cm³/mol. The summed E-state index contributed by atoms with van der Waals surface area (Å²) in [6.45, 7) is 0. The molecule has 0 atom stereocenters. The van der Waals surface area contributed by atoms with Crippen molar-refractivity contribution in [3.8, 4) is 0 Å². The number of hydrogen-bond acceptors (Lipinski definition) is 4. The van der Waals surface area contributed by atoms with Crippen molar-refractivity contribution in [2.75, 3.05) is 17.9 Å². The van der Waals surface area contributed by atoms with Gasteiger partial charge in [0.2, 0.25) is 5.94 Å². The van der Waals surface area contributed by atoms with Crippen molar-refractivity contribution in [2.24, 2.45) is 0 Å². The number of nitrogens with zero attached hydrogens (tertiary/aromatic N) is 1. The lowest BCUT2D eigenvalue weighted by atomic mass is 10.3. The number of rotatable bonds is 3. The van der Waals surface area contributed by atoms with Gasteiger partial charge in [-0.3, -0.25) is 9.45 Å². The van der Waals surface area contributed by atoms with Crippen LogP contribution >= 0.6 is 0 Å². The van der Waals surface area contributed by atoms with Gasteiger partial charge in [0.05, 0.1) is 0 Å². The van der Waals surface area contributed by atoms with E-state index in [1.807, 2.05) is 0 Å². The minimum atomic E-state index is -4.30. The number of anilines is 1. The Bertz CT molecular complexity index is 456. The molecule has 0 aromatic heterocycles. The van der Waals surface area contributed by atoms with Crippen molar-refractivity contribution < 1.29 is 22.5 Å². The Labute approximate surface area is 93.2 Å². The lowest BCUT2D eigenvalue weighted by Gasteiger charge is -2.16. The van der Waals surface area contributed by atoms with Crippen LogP contribution in [0.5, 0.6) is 0 Å². The molecule has 0 bridgehead atoms. The van der Waals surface area contributed by atoms with Gasteiger partial charge in [-0.25, -0.2) is 4.79 Å². The Hall–Kier alpha value is -1.60. The molecule has 0 aliphatic carbocycles. The Morgan fingerprint density at radius 2 is 1.94 bits per heavy atom. The average molecular weight is 245 g/mol. The summed E-state index contributed by atoms with van der Waals surface area (Å²) in [5.41, 5.74) is 0.558. The molecule has 0 saturated heterocycles. The molecule has 0 unspecified atom stereocenters. The predicted octanol–water partition coefficient (Wildman–Crippen LogP) is 1.10. The smallest absolute Gasteiger partial charge is 0.415 e. The van der Waals surface area contributed by atoms with Crippen molar-refractivity contribution >= 4 is 21.9 Å². The van der Waals surface area contributed by atoms with E-state index in [4.69, 9.17) is 4.55 Å². The highest BCUT2D eigenvalue weighted by Gasteiger charge is 2.15. The lowest BCUT2D eigenvalue weighted by molar-refractivity contribution is 0.170. The van der Waals surface area contributed by atoms with Crippen molar-refractivity contribution in [3.63, 3.8) is 0 Å². The summed E-state index contributed by atoms with van der Waals surface area (Å²) in [6, 6.07) is 8.55. The molecule has 0 saturated carbocycles. The standard InChI is InChI=1S/C9H11NO5S/c1-10(8-5-3-2-4-6-8)9(11)15-7-16(12,13)14/h2-6H,7H2,1H3,(H,12,13,14). The Kier molecular flexibility index (Phi) is 3.86. The number of carbonyl (C=O) groups is 1. The highest BCUT2D eigenvalue weighted by molar-refractivity contribution is 7.85. The molecule has 16 heavy (non-hydrogen) atoms. The highest BCUT2D eigenvalue weighted by Crippen LogP contribution is 2.11. The zero-order chi connectivity index (χ0) is 12.2. The summed E-state index contributed by atoms with van der Waals surface area (Å²) >= 11 is 0. The molecule has 1 aromatic carbocycles. The summed E-state index contributed by atoms with van der Waals surface area (Å²) in [6.07, 6.45) is -0.858. The van der Waals surface area contributed by atoms with E-state index in [1.54, 1.807) is 30.3 Å². The monoisotopic (exact) mass is 245 g/mol. The molecular weight excluding hydrogens is 234 g/mol. The number of carbonyl (C=O) groups excluding carboxylic acids is 1. The average Bonchev–Trinajstić information content (AvgIpc) is 2.25. The number of para-hydroxylation sites is 1. The van der Waals surface area contributed by atoms with Crippen LogP contribution in [0.25, 0.3) is 0 Å². The minimum Gasteiger partial charge on any atom is -0.430 e. The van der Waals surface area contributed by atoms with Gasteiger partial charge in [-0.05, 0) is 12.1 Å². The quantitative estimate of drug-likeness (QED) is 0.806. The van der Waals surface area contributed by atoms with Crippen LogP contribution in [0.4, 0.5) is 10.5 Å². The van der Waals surface area contributed by atoms with E-state index < -0.39 is 22.2 Å². The van der Waals surface area contributed by atoms with E-state index in [9.17, 15) is 13.2 Å². The molecular formula is C9H11NO5S. The van der Waals surface area contributed by atoms with Crippen molar-refractivity contribution in [1.29, 1.82) is 0 Å². The third-order valence-corrected chi connectivity index (χ3v) is 2.16. The van der Waals surface area contributed by atoms with Gasteiger partial charge in [-0.15, -0.1) is 0 Å². The molecule has 1 aromatic rings. The van der Waals surface area contributed by atoms with Crippen LogP contribution in [0.2, 0.25) is 0 Å². The second-order valence-electron chi connectivity index (χ2n) is 3.00. The van der Waals surface area contributed by atoms with Crippen LogP contribution in [0, 0.1) is 0 Å². The second-order valence-corrected chi connectivity index (χ2v) is 4.40. The molecule has 6 nitrogen and oxygen atoms in total. The topological polar surface area (TPSA) is 83.9 Å². The van der Waals surface area contributed by atoms with Gasteiger partial charge in [0.1, 0.15) is 0 Å². The maximum atomic E-state index is 11.3. The first kappa shape index (κ1) is 12.5. The molecule has 0 radical (unpaired) electrons. The Balaban J connectivity index is 2.62. The first-order valence-corrected chi connectivity index (χ1v) is 5.92. The fourth-order valence-corrected chi connectivity index (χ4v) is 1.23. The maximum Gasteiger partial charge on any atom is 0.415 e. The Morgan fingerprint density at radius 1 is 1.38 bits per heavy atom. The molecule has 1 rings (SSSR count). The maximum absolute atomic E-state index is 11.3. The SMILES string of the molecule is CN(C(=O)OCS(=O)(=O)O)c1ccccc1. The van der Waals surface area contributed by atoms with Crippen molar-refractivity contribution in [2.45, 2.75) is 0 Å². The number of ether oxygens (including phenoxy) is 1. The van der Waals surface area contributed by atoms with Gasteiger partial charge in [0.15, 0.2) is 0 Å². The van der Waals surface area contributed by atoms with E-state index >= 15 is 0 Å². The van der Waals surface area contributed by atoms with Crippen molar-refractivity contribution in [1.82, 2.24) is 0 Å². The van der Waals surface area contributed by atoms with E-state index in [2.05, 4.69) is 4.74 Å². The molecule has 1 amide bonds. The zero-order valence-electron chi connectivity index (χ0n) is 8.53. The van der Waals surface area contributed by atoms with Crippen LogP contribution in [-0.4, -0.2) is 32.1 Å².